The number of esters is 1. The van der Waals surface area contributed by atoms with Gasteiger partial charge in [0.2, 0.25) is 0 Å². The molecule has 0 aliphatic carbocycles. The molecule has 6 nitrogen and oxygen atoms in total. The van der Waals surface area contributed by atoms with Gasteiger partial charge in [-0.3, -0.25) is 9.59 Å². The largest absolute Gasteiger partial charge is 0.444 e. The average molecular weight is 512 g/mol. The number of halogens is 1. The Morgan fingerprint density at radius 1 is 1.19 bits per heavy atom. The van der Waals surface area contributed by atoms with E-state index < -0.39 is 5.97 Å². The molecule has 0 fully saturated rings. The summed E-state index contributed by atoms with van der Waals surface area (Å²) in [6.45, 7) is 3.49. The summed E-state index contributed by atoms with van der Waals surface area (Å²) in [7, 11) is 0. The molecule has 2 aromatic heterocycles. The minimum atomic E-state index is -0.434. The second-order valence-electron chi connectivity index (χ2n) is 7.36. The number of para-hydroxylation sites is 1. The molecular weight excluding hydrogens is 490 g/mol. The summed E-state index contributed by atoms with van der Waals surface area (Å²) in [6, 6.07) is 15.8. The van der Waals surface area contributed by atoms with Crippen molar-refractivity contribution >= 4 is 50.0 Å². The highest BCUT2D eigenvalue weighted by molar-refractivity contribution is 9.10. The summed E-state index contributed by atoms with van der Waals surface area (Å²) in [5.41, 5.74) is 3.43. The van der Waals surface area contributed by atoms with Gasteiger partial charge >= 0.3 is 5.97 Å². The van der Waals surface area contributed by atoms with E-state index in [9.17, 15) is 9.59 Å². The van der Waals surface area contributed by atoms with Crippen molar-refractivity contribution in [2.75, 3.05) is 13.3 Å². The van der Waals surface area contributed by atoms with Crippen LogP contribution in [-0.2, 0) is 16.0 Å². The van der Waals surface area contributed by atoms with Crippen LogP contribution in [0, 0.1) is 6.92 Å². The van der Waals surface area contributed by atoms with Gasteiger partial charge in [-0.25, -0.2) is 4.98 Å². The first-order chi connectivity index (χ1) is 15.4. The van der Waals surface area contributed by atoms with Gasteiger partial charge in [0.05, 0.1) is 9.88 Å². The van der Waals surface area contributed by atoms with Gasteiger partial charge in [-0.2, -0.15) is 0 Å². The van der Waals surface area contributed by atoms with Gasteiger partial charge in [-0.05, 0) is 42.7 Å². The van der Waals surface area contributed by atoms with Crippen LogP contribution in [0.1, 0.15) is 28.0 Å². The molecule has 32 heavy (non-hydrogen) atoms. The van der Waals surface area contributed by atoms with Crippen molar-refractivity contribution in [1.82, 2.24) is 14.9 Å². The number of H-pyrrole nitrogens is 1. The van der Waals surface area contributed by atoms with E-state index in [1.54, 1.807) is 4.90 Å². The highest BCUT2D eigenvalue weighted by atomic mass is 79.9. The number of aryl methyl sites for hydroxylation is 1. The summed E-state index contributed by atoms with van der Waals surface area (Å²) < 4.78 is 6.13. The second kappa shape index (κ2) is 9.67. The Kier molecular flexibility index (Phi) is 6.72. The molecule has 1 N–H and O–H groups in total. The van der Waals surface area contributed by atoms with Crippen LogP contribution >= 0.6 is 27.3 Å². The molecule has 8 heteroatoms. The van der Waals surface area contributed by atoms with Crippen LogP contribution in [0.5, 0.6) is 0 Å². The van der Waals surface area contributed by atoms with Crippen molar-refractivity contribution in [3.8, 4) is 10.4 Å². The molecule has 0 saturated heterocycles. The second-order valence-corrected chi connectivity index (χ2v) is 9.48. The van der Waals surface area contributed by atoms with Gasteiger partial charge in [0.1, 0.15) is 5.69 Å². The number of carbonyl (C=O) groups is 2. The molecule has 4 rings (SSSR count). The number of aromatic amines is 1. The highest BCUT2D eigenvalue weighted by Gasteiger charge is 2.24. The first kappa shape index (κ1) is 22.2. The van der Waals surface area contributed by atoms with Crippen molar-refractivity contribution < 1.29 is 14.3 Å². The zero-order valence-corrected chi connectivity index (χ0v) is 20.1. The SMILES string of the molecule is CC(=O)OCN(CCc1c[nH]c2ccccc12)C(=O)c1nc(C)sc1-c1cccc(Br)c1. The number of amides is 1. The fraction of sp³-hybridized carbons (Fsp3) is 0.208. The van der Waals surface area contributed by atoms with Crippen molar-refractivity contribution in [2.24, 2.45) is 0 Å². The van der Waals surface area contributed by atoms with E-state index in [2.05, 4.69) is 32.0 Å². The molecule has 1 amide bonds. The van der Waals surface area contributed by atoms with Gasteiger partial charge in [-0.15, -0.1) is 11.3 Å². The number of ether oxygens (including phenoxy) is 1. The summed E-state index contributed by atoms with van der Waals surface area (Å²) in [6.07, 6.45) is 2.57. The summed E-state index contributed by atoms with van der Waals surface area (Å²) >= 11 is 4.96. The molecule has 0 unspecified atom stereocenters. The number of thiazole rings is 1. The molecular formula is C24H22BrN3O3S. The molecule has 2 heterocycles. The lowest BCUT2D eigenvalue weighted by molar-refractivity contribution is -0.144. The van der Waals surface area contributed by atoms with Crippen LogP contribution < -0.4 is 0 Å². The van der Waals surface area contributed by atoms with Crippen molar-refractivity contribution in [1.29, 1.82) is 0 Å². The van der Waals surface area contributed by atoms with E-state index in [-0.39, 0.29) is 12.6 Å². The number of nitrogens with zero attached hydrogens (tertiary/aromatic N) is 2. The highest BCUT2D eigenvalue weighted by Crippen LogP contribution is 2.32. The predicted octanol–water partition coefficient (Wildman–Crippen LogP) is 5.57. The maximum atomic E-state index is 13.5. The van der Waals surface area contributed by atoms with Crippen LogP contribution in [0.15, 0.2) is 59.2 Å². The fourth-order valence-electron chi connectivity index (χ4n) is 3.53. The lowest BCUT2D eigenvalue weighted by atomic mass is 10.1. The van der Waals surface area contributed by atoms with E-state index in [0.29, 0.717) is 18.7 Å². The monoisotopic (exact) mass is 511 g/mol. The smallest absolute Gasteiger partial charge is 0.304 e. The van der Waals surface area contributed by atoms with E-state index in [1.807, 2.05) is 55.6 Å². The standard InChI is InChI=1S/C24H22BrN3O3S/c1-15-27-22(23(32-15)17-6-5-7-19(25)12-17)24(30)28(14-31-16(2)29)11-10-18-13-26-21-9-4-3-8-20(18)21/h3-9,12-13,26H,10-11,14H2,1-2H3. The van der Waals surface area contributed by atoms with E-state index in [1.165, 1.54) is 18.3 Å². The lowest BCUT2D eigenvalue weighted by Gasteiger charge is -2.21. The Bertz CT molecular complexity index is 1280. The molecule has 2 aromatic carbocycles. The number of nitrogens with one attached hydrogen (secondary N) is 1. The Balaban J connectivity index is 1.62. The molecule has 0 atom stereocenters. The Morgan fingerprint density at radius 3 is 2.78 bits per heavy atom. The third kappa shape index (κ3) is 4.92. The zero-order valence-electron chi connectivity index (χ0n) is 17.7. The third-order valence-electron chi connectivity index (χ3n) is 5.06. The molecule has 4 aromatic rings. The van der Waals surface area contributed by atoms with Crippen LogP contribution in [0.2, 0.25) is 0 Å². The number of rotatable bonds is 7. The fourth-order valence-corrected chi connectivity index (χ4v) is 4.84. The van der Waals surface area contributed by atoms with E-state index >= 15 is 0 Å². The van der Waals surface area contributed by atoms with E-state index in [4.69, 9.17) is 4.74 Å². The van der Waals surface area contributed by atoms with Crippen LogP contribution in [0.4, 0.5) is 0 Å². The number of benzene rings is 2. The van der Waals surface area contributed by atoms with E-state index in [0.717, 1.165) is 36.4 Å². The minimum absolute atomic E-state index is 0.120. The normalized spacial score (nSPS) is 11.0. The molecule has 164 valence electrons. The number of aromatic nitrogens is 2. The first-order valence-electron chi connectivity index (χ1n) is 10.1. The van der Waals surface area contributed by atoms with Crippen LogP contribution in [0.25, 0.3) is 21.3 Å². The Morgan fingerprint density at radius 2 is 2.00 bits per heavy atom. The average Bonchev–Trinajstić information content (AvgIpc) is 3.37. The van der Waals surface area contributed by atoms with Crippen molar-refractivity contribution in [3.63, 3.8) is 0 Å². The first-order valence-corrected chi connectivity index (χ1v) is 11.7. The van der Waals surface area contributed by atoms with Gasteiger partial charge in [0, 0.05) is 35.0 Å². The molecule has 0 aliphatic rings. The summed E-state index contributed by atoms with van der Waals surface area (Å²) in [5, 5.41) is 1.92. The Hall–Kier alpha value is -2.97. The maximum Gasteiger partial charge on any atom is 0.304 e. The Labute approximate surface area is 198 Å². The maximum absolute atomic E-state index is 13.5. The summed E-state index contributed by atoms with van der Waals surface area (Å²) in [5.74, 6) is -0.693. The molecule has 0 aliphatic heterocycles. The third-order valence-corrected chi connectivity index (χ3v) is 6.57. The van der Waals surface area contributed by atoms with Gasteiger partial charge in [-0.1, -0.05) is 46.3 Å². The predicted molar refractivity (Wildman–Crippen MR) is 130 cm³/mol. The molecule has 0 spiro atoms. The molecule has 0 radical (unpaired) electrons. The minimum Gasteiger partial charge on any atom is -0.444 e. The van der Waals surface area contributed by atoms with Crippen LogP contribution in [0.3, 0.4) is 0 Å². The summed E-state index contributed by atoms with van der Waals surface area (Å²) in [4.78, 5) is 35.1. The van der Waals surface area contributed by atoms with Crippen molar-refractivity contribution in [3.05, 3.63) is 75.5 Å². The zero-order chi connectivity index (χ0) is 22.7. The molecule has 0 saturated carbocycles. The van der Waals surface area contributed by atoms with Crippen molar-refractivity contribution in [2.45, 2.75) is 20.3 Å². The van der Waals surface area contributed by atoms with Gasteiger partial charge < -0.3 is 14.6 Å². The quantitative estimate of drug-likeness (QED) is 0.260. The van der Waals surface area contributed by atoms with Crippen LogP contribution in [-0.4, -0.2) is 40.0 Å². The number of hydrogen-bond donors (Lipinski definition) is 1. The topological polar surface area (TPSA) is 75.3 Å². The number of fused-ring (bicyclic) bond motifs is 1. The number of hydrogen-bond acceptors (Lipinski definition) is 5. The van der Waals surface area contributed by atoms with Gasteiger partial charge in [0.25, 0.3) is 5.91 Å². The molecule has 0 bridgehead atoms. The lowest BCUT2D eigenvalue weighted by Crippen LogP contribution is -2.36. The van der Waals surface area contributed by atoms with Gasteiger partial charge in [0.15, 0.2) is 6.73 Å². The number of carbonyl (C=O) groups excluding carboxylic acids is 2.